The largest absolute Gasteiger partial charge is 0.465 e. The first-order chi connectivity index (χ1) is 12.5. The third-order valence-electron chi connectivity index (χ3n) is 6.61. The zero-order valence-electron chi connectivity index (χ0n) is 15.9. The number of fused-ring (bicyclic) bond motifs is 4. The van der Waals surface area contributed by atoms with Gasteiger partial charge in [0.15, 0.2) is 0 Å². The summed E-state index contributed by atoms with van der Waals surface area (Å²) < 4.78 is 5.53. The molecule has 5 heteroatoms. The van der Waals surface area contributed by atoms with Crippen molar-refractivity contribution in [2.24, 2.45) is 5.41 Å². The molecule has 0 aromatic heterocycles. The van der Waals surface area contributed by atoms with Crippen LogP contribution in [0.25, 0.3) is 0 Å². The van der Waals surface area contributed by atoms with Crippen LogP contribution in [0.3, 0.4) is 0 Å². The fourth-order valence-corrected chi connectivity index (χ4v) is 5.64. The van der Waals surface area contributed by atoms with Crippen LogP contribution in [-0.4, -0.2) is 43.0 Å². The van der Waals surface area contributed by atoms with Crippen LogP contribution in [0.2, 0.25) is 0 Å². The van der Waals surface area contributed by atoms with Crippen molar-refractivity contribution in [3.05, 3.63) is 41.5 Å². The summed E-state index contributed by atoms with van der Waals surface area (Å²) in [6, 6.07) is 7.97. The fraction of sp³-hybridized carbons (Fsp3) is 0.524. The number of esters is 1. The first-order valence-electron chi connectivity index (χ1n) is 9.44. The Labute approximate surface area is 154 Å². The number of carbonyl (C=O) groups is 2. The number of para-hydroxylation sites is 1. The van der Waals surface area contributed by atoms with E-state index in [1.54, 1.807) is 11.9 Å². The van der Waals surface area contributed by atoms with Gasteiger partial charge in [-0.05, 0) is 45.3 Å². The molecule has 4 rings (SSSR count). The van der Waals surface area contributed by atoms with E-state index in [0.29, 0.717) is 6.61 Å². The Morgan fingerprint density at radius 2 is 2.12 bits per heavy atom. The van der Waals surface area contributed by atoms with Crippen LogP contribution in [-0.2, 0) is 19.9 Å². The minimum atomic E-state index is -1.03. The van der Waals surface area contributed by atoms with Gasteiger partial charge in [-0.3, -0.25) is 14.5 Å². The molecule has 0 aliphatic carbocycles. The number of hydrogen-bond donors (Lipinski definition) is 0. The Bertz CT molecular complexity index is 817. The van der Waals surface area contributed by atoms with E-state index < -0.39 is 11.0 Å². The number of benzene rings is 1. The number of hydrogen-bond acceptors (Lipinski definition) is 4. The van der Waals surface area contributed by atoms with Gasteiger partial charge >= 0.3 is 5.97 Å². The molecule has 1 aromatic rings. The Balaban J connectivity index is 2.07. The van der Waals surface area contributed by atoms with Gasteiger partial charge in [0.1, 0.15) is 11.0 Å². The molecular weight excluding hydrogens is 328 g/mol. The standard InChI is InChI=1S/C21H26N2O3/c1-5-14-17-12-9-13-23(17)21(20(14,3)19(25)26-6-2)15-10-7-8-11-16(15)22(4)18(21)24/h5,7-8,10-11,17H,6,9,12-13H2,1-4H3/b14-5-/t17-,20-,21-/m1/s1. The van der Waals surface area contributed by atoms with Gasteiger partial charge in [-0.2, -0.15) is 0 Å². The highest BCUT2D eigenvalue weighted by molar-refractivity contribution is 6.12. The van der Waals surface area contributed by atoms with Crippen molar-refractivity contribution in [1.82, 2.24) is 4.90 Å². The summed E-state index contributed by atoms with van der Waals surface area (Å²) >= 11 is 0. The highest BCUT2D eigenvalue weighted by Gasteiger charge is 2.75. The van der Waals surface area contributed by atoms with Crippen molar-refractivity contribution in [3.8, 4) is 0 Å². The van der Waals surface area contributed by atoms with E-state index in [2.05, 4.69) is 4.90 Å². The molecule has 0 radical (unpaired) electrons. The smallest absolute Gasteiger partial charge is 0.318 e. The Morgan fingerprint density at radius 3 is 2.81 bits per heavy atom. The topological polar surface area (TPSA) is 49.9 Å². The molecule has 0 bridgehead atoms. The third-order valence-corrected chi connectivity index (χ3v) is 6.61. The molecule has 2 saturated heterocycles. The monoisotopic (exact) mass is 354 g/mol. The van der Waals surface area contributed by atoms with Gasteiger partial charge in [0.05, 0.1) is 6.61 Å². The molecule has 0 saturated carbocycles. The summed E-state index contributed by atoms with van der Waals surface area (Å²) in [5.41, 5.74) is 0.781. The van der Waals surface area contributed by atoms with Gasteiger partial charge in [0.2, 0.25) is 0 Å². The first kappa shape index (κ1) is 17.3. The summed E-state index contributed by atoms with van der Waals surface area (Å²) in [4.78, 5) is 31.1. The molecule has 3 aliphatic rings. The van der Waals surface area contributed by atoms with Crippen LogP contribution in [0.4, 0.5) is 5.69 Å². The summed E-state index contributed by atoms with van der Waals surface area (Å²) in [6.07, 6.45) is 4.03. The first-order valence-corrected chi connectivity index (χ1v) is 9.44. The molecule has 1 amide bonds. The second-order valence-electron chi connectivity index (χ2n) is 7.53. The van der Waals surface area contributed by atoms with Crippen molar-refractivity contribution in [3.63, 3.8) is 0 Å². The van der Waals surface area contributed by atoms with Crippen LogP contribution in [0.5, 0.6) is 0 Å². The van der Waals surface area contributed by atoms with Crippen molar-refractivity contribution >= 4 is 17.6 Å². The summed E-state index contributed by atoms with van der Waals surface area (Å²) in [7, 11) is 1.81. The minimum Gasteiger partial charge on any atom is -0.465 e. The minimum absolute atomic E-state index is 0.0296. The number of nitrogens with zero attached hydrogens (tertiary/aromatic N) is 2. The van der Waals surface area contributed by atoms with Gasteiger partial charge in [0.25, 0.3) is 5.91 Å². The zero-order valence-corrected chi connectivity index (χ0v) is 15.9. The van der Waals surface area contributed by atoms with E-state index in [1.165, 1.54) is 0 Å². The van der Waals surface area contributed by atoms with Crippen LogP contribution >= 0.6 is 0 Å². The van der Waals surface area contributed by atoms with E-state index in [4.69, 9.17) is 4.74 Å². The number of anilines is 1. The molecule has 2 fully saturated rings. The Hall–Kier alpha value is -2.14. The van der Waals surface area contributed by atoms with Gasteiger partial charge in [-0.15, -0.1) is 0 Å². The van der Waals surface area contributed by atoms with Gasteiger partial charge < -0.3 is 9.64 Å². The molecule has 138 valence electrons. The quantitative estimate of drug-likeness (QED) is 0.605. The van der Waals surface area contributed by atoms with E-state index >= 15 is 0 Å². The zero-order chi connectivity index (χ0) is 18.7. The SMILES string of the molecule is C/C=C1/[C@H]2CCCN2[C@]2(C(=O)N(C)c3ccccc32)[C@@]1(C)C(=O)OCC. The number of amides is 1. The van der Waals surface area contributed by atoms with Crippen LogP contribution in [0, 0.1) is 5.41 Å². The summed E-state index contributed by atoms with van der Waals surface area (Å²) in [6.45, 7) is 6.81. The van der Waals surface area contributed by atoms with Gasteiger partial charge in [-0.25, -0.2) is 0 Å². The highest BCUT2D eigenvalue weighted by Crippen LogP contribution is 2.64. The average molecular weight is 354 g/mol. The van der Waals surface area contributed by atoms with E-state index in [-0.39, 0.29) is 17.9 Å². The number of rotatable bonds is 2. The van der Waals surface area contributed by atoms with E-state index in [0.717, 1.165) is 36.2 Å². The maximum Gasteiger partial charge on any atom is 0.318 e. The van der Waals surface area contributed by atoms with Crippen molar-refractivity contribution in [1.29, 1.82) is 0 Å². The number of carbonyl (C=O) groups excluding carboxylic acids is 2. The molecule has 1 aromatic carbocycles. The molecular formula is C21H26N2O3. The molecule has 1 spiro atoms. The Morgan fingerprint density at radius 1 is 1.38 bits per heavy atom. The normalized spacial score (nSPS) is 34.6. The molecule has 0 unspecified atom stereocenters. The van der Waals surface area contributed by atoms with Crippen molar-refractivity contribution in [2.45, 2.75) is 45.2 Å². The Kier molecular flexibility index (Phi) is 3.77. The number of likely N-dealkylation sites (N-methyl/N-ethyl adjacent to an activating group) is 1. The van der Waals surface area contributed by atoms with Crippen LogP contribution in [0.15, 0.2) is 35.9 Å². The van der Waals surface area contributed by atoms with E-state index in [9.17, 15) is 9.59 Å². The average Bonchev–Trinajstić information content (AvgIpc) is 3.25. The second-order valence-corrected chi connectivity index (χ2v) is 7.53. The molecule has 0 N–H and O–H groups in total. The highest BCUT2D eigenvalue weighted by atomic mass is 16.5. The van der Waals surface area contributed by atoms with Crippen molar-refractivity contribution < 1.29 is 14.3 Å². The summed E-state index contributed by atoms with van der Waals surface area (Å²) in [5.74, 6) is -0.334. The summed E-state index contributed by atoms with van der Waals surface area (Å²) in [5, 5.41) is 0. The lowest BCUT2D eigenvalue weighted by Crippen LogP contribution is -2.59. The molecule has 3 heterocycles. The predicted octanol–water partition coefficient (Wildman–Crippen LogP) is 2.85. The molecule has 3 aliphatic heterocycles. The fourth-order valence-electron chi connectivity index (χ4n) is 5.64. The molecule has 5 nitrogen and oxygen atoms in total. The maximum absolute atomic E-state index is 13.8. The van der Waals surface area contributed by atoms with Gasteiger partial charge in [0, 0.05) is 30.9 Å². The molecule has 3 atom stereocenters. The lowest BCUT2D eigenvalue weighted by molar-refractivity contribution is -0.162. The maximum atomic E-state index is 13.8. The lowest BCUT2D eigenvalue weighted by atomic mass is 9.65. The van der Waals surface area contributed by atoms with Crippen molar-refractivity contribution in [2.75, 3.05) is 25.1 Å². The molecule has 26 heavy (non-hydrogen) atoms. The second kappa shape index (κ2) is 5.68. The number of allylic oxidation sites excluding steroid dienone is 1. The third kappa shape index (κ3) is 1.70. The predicted molar refractivity (Wildman–Crippen MR) is 99.8 cm³/mol. The number of ether oxygens (including phenoxy) is 1. The van der Waals surface area contributed by atoms with Crippen LogP contribution < -0.4 is 4.90 Å². The van der Waals surface area contributed by atoms with Crippen LogP contribution in [0.1, 0.15) is 39.2 Å². The van der Waals surface area contributed by atoms with E-state index in [1.807, 2.05) is 51.1 Å². The lowest BCUT2D eigenvalue weighted by Gasteiger charge is -2.42. The van der Waals surface area contributed by atoms with Gasteiger partial charge in [-0.1, -0.05) is 24.3 Å².